The highest BCUT2D eigenvalue weighted by atomic mass is 35.5. The SMILES string of the molecule is NC1CCC(NC(=O)c2cc(-c3ccco3)n(-c3cccc(Cl)c3)n2)CC1. The van der Waals surface area contributed by atoms with Crippen LogP contribution in [-0.2, 0) is 0 Å². The first kappa shape index (κ1) is 17.8. The van der Waals surface area contributed by atoms with E-state index in [9.17, 15) is 4.79 Å². The van der Waals surface area contributed by atoms with Crippen molar-refractivity contribution in [3.05, 3.63) is 59.4 Å². The fourth-order valence-corrected chi connectivity index (χ4v) is 3.60. The maximum Gasteiger partial charge on any atom is 0.272 e. The molecule has 0 unspecified atom stereocenters. The fraction of sp³-hybridized carbons (Fsp3) is 0.300. The number of furan rings is 1. The van der Waals surface area contributed by atoms with Gasteiger partial charge in [0.05, 0.1) is 12.0 Å². The largest absolute Gasteiger partial charge is 0.463 e. The molecule has 1 aliphatic carbocycles. The Balaban J connectivity index is 1.64. The van der Waals surface area contributed by atoms with Gasteiger partial charge >= 0.3 is 0 Å². The lowest BCUT2D eigenvalue weighted by Crippen LogP contribution is -2.40. The van der Waals surface area contributed by atoms with Gasteiger partial charge in [0.2, 0.25) is 0 Å². The van der Waals surface area contributed by atoms with Crippen LogP contribution in [0.5, 0.6) is 0 Å². The number of aromatic nitrogens is 2. The number of amides is 1. The summed E-state index contributed by atoms with van der Waals surface area (Å²) in [7, 11) is 0. The van der Waals surface area contributed by atoms with Crippen LogP contribution < -0.4 is 11.1 Å². The number of benzene rings is 1. The second-order valence-electron chi connectivity index (χ2n) is 6.87. The standard InChI is InChI=1S/C20H21ClN4O2/c21-13-3-1-4-16(11-13)25-18(19-5-2-10-27-19)12-17(24-25)20(26)23-15-8-6-14(22)7-9-15/h1-5,10-12,14-15H,6-9,22H2,(H,23,26). The highest BCUT2D eigenvalue weighted by molar-refractivity contribution is 6.30. The van der Waals surface area contributed by atoms with Crippen LogP contribution in [0.2, 0.25) is 5.02 Å². The summed E-state index contributed by atoms with van der Waals surface area (Å²) in [6.45, 7) is 0. The summed E-state index contributed by atoms with van der Waals surface area (Å²) < 4.78 is 7.20. The molecule has 0 atom stereocenters. The number of nitrogens with one attached hydrogen (secondary N) is 1. The van der Waals surface area contributed by atoms with Crippen LogP contribution in [0.25, 0.3) is 17.1 Å². The van der Waals surface area contributed by atoms with Crippen molar-refractivity contribution in [2.75, 3.05) is 0 Å². The molecule has 2 heterocycles. The lowest BCUT2D eigenvalue weighted by atomic mass is 9.92. The van der Waals surface area contributed by atoms with Crippen molar-refractivity contribution in [1.82, 2.24) is 15.1 Å². The average molecular weight is 385 g/mol. The molecule has 0 spiro atoms. The van der Waals surface area contributed by atoms with Gasteiger partial charge in [-0.3, -0.25) is 4.79 Å². The molecule has 1 aliphatic rings. The molecule has 7 heteroatoms. The summed E-state index contributed by atoms with van der Waals surface area (Å²) in [4.78, 5) is 12.8. The smallest absolute Gasteiger partial charge is 0.272 e. The minimum absolute atomic E-state index is 0.140. The molecule has 4 rings (SSSR count). The second kappa shape index (κ2) is 7.58. The molecule has 6 nitrogen and oxygen atoms in total. The Labute approximate surface area is 162 Å². The molecule has 0 bridgehead atoms. The van der Waals surface area contributed by atoms with E-state index in [0.29, 0.717) is 22.2 Å². The summed E-state index contributed by atoms with van der Waals surface area (Å²) in [6, 6.07) is 13.1. The van der Waals surface area contributed by atoms with Gasteiger partial charge < -0.3 is 15.5 Å². The van der Waals surface area contributed by atoms with Gasteiger partial charge in [-0.25, -0.2) is 4.68 Å². The van der Waals surface area contributed by atoms with Crippen molar-refractivity contribution in [3.63, 3.8) is 0 Å². The highest BCUT2D eigenvalue weighted by Crippen LogP contribution is 2.26. The van der Waals surface area contributed by atoms with E-state index in [-0.39, 0.29) is 18.0 Å². The summed E-state index contributed by atoms with van der Waals surface area (Å²) in [5.41, 5.74) is 7.74. The predicted molar refractivity (Wildman–Crippen MR) is 104 cm³/mol. The molecule has 3 N–H and O–H groups in total. The van der Waals surface area contributed by atoms with E-state index in [1.165, 1.54) is 0 Å². The lowest BCUT2D eigenvalue weighted by Gasteiger charge is -2.26. The van der Waals surface area contributed by atoms with Gasteiger partial charge in [0.1, 0.15) is 5.69 Å². The zero-order valence-corrected chi connectivity index (χ0v) is 15.5. The number of nitrogens with zero attached hydrogens (tertiary/aromatic N) is 2. The van der Waals surface area contributed by atoms with Gasteiger partial charge in [-0.05, 0) is 56.0 Å². The minimum Gasteiger partial charge on any atom is -0.463 e. The molecule has 1 amide bonds. The zero-order valence-electron chi connectivity index (χ0n) is 14.8. The molecule has 0 radical (unpaired) electrons. The molecule has 140 valence electrons. The van der Waals surface area contributed by atoms with Crippen LogP contribution in [0, 0.1) is 0 Å². The van der Waals surface area contributed by atoms with E-state index in [4.69, 9.17) is 21.8 Å². The van der Waals surface area contributed by atoms with E-state index in [0.717, 1.165) is 31.4 Å². The van der Waals surface area contributed by atoms with Crippen molar-refractivity contribution in [2.45, 2.75) is 37.8 Å². The molecular formula is C20H21ClN4O2. The maximum atomic E-state index is 12.8. The van der Waals surface area contributed by atoms with Crippen LogP contribution in [0.1, 0.15) is 36.2 Å². The lowest BCUT2D eigenvalue weighted by molar-refractivity contribution is 0.0920. The maximum absolute atomic E-state index is 12.8. The van der Waals surface area contributed by atoms with Crippen LogP contribution >= 0.6 is 11.6 Å². The van der Waals surface area contributed by atoms with E-state index < -0.39 is 0 Å². The number of halogens is 1. The Morgan fingerprint density at radius 2 is 2.00 bits per heavy atom. The van der Waals surface area contributed by atoms with Gasteiger partial charge in [-0.2, -0.15) is 5.10 Å². The molecule has 3 aromatic rings. The fourth-order valence-electron chi connectivity index (χ4n) is 3.42. The first-order valence-corrected chi connectivity index (χ1v) is 9.44. The summed E-state index contributed by atoms with van der Waals surface area (Å²) in [5, 5.41) is 8.19. The molecule has 0 saturated heterocycles. The Bertz CT molecular complexity index is 927. The number of hydrogen-bond donors (Lipinski definition) is 2. The van der Waals surface area contributed by atoms with Crippen LogP contribution in [-0.4, -0.2) is 27.8 Å². The quantitative estimate of drug-likeness (QED) is 0.716. The van der Waals surface area contributed by atoms with Gasteiger partial charge in [0.15, 0.2) is 11.5 Å². The summed E-state index contributed by atoms with van der Waals surface area (Å²) in [6.07, 6.45) is 5.24. The van der Waals surface area contributed by atoms with Crippen LogP contribution in [0.4, 0.5) is 0 Å². The minimum atomic E-state index is -0.191. The molecule has 2 aromatic heterocycles. The number of nitrogens with two attached hydrogens (primary N) is 1. The van der Waals surface area contributed by atoms with Crippen molar-refractivity contribution < 1.29 is 9.21 Å². The van der Waals surface area contributed by atoms with Crippen LogP contribution in [0.3, 0.4) is 0 Å². The Hall–Kier alpha value is -2.57. The number of hydrogen-bond acceptors (Lipinski definition) is 4. The third kappa shape index (κ3) is 3.91. The first-order valence-electron chi connectivity index (χ1n) is 9.06. The number of rotatable bonds is 4. The van der Waals surface area contributed by atoms with E-state index in [1.807, 2.05) is 18.2 Å². The Kier molecular flexibility index (Phi) is 5.01. The second-order valence-corrected chi connectivity index (χ2v) is 7.31. The normalized spacial score (nSPS) is 19.8. The molecule has 1 saturated carbocycles. The van der Waals surface area contributed by atoms with Gasteiger partial charge in [-0.15, -0.1) is 0 Å². The van der Waals surface area contributed by atoms with Crippen molar-refractivity contribution in [2.24, 2.45) is 5.73 Å². The summed E-state index contributed by atoms with van der Waals surface area (Å²) >= 11 is 6.13. The van der Waals surface area contributed by atoms with E-state index in [2.05, 4.69) is 10.4 Å². The summed E-state index contributed by atoms with van der Waals surface area (Å²) in [5.74, 6) is 0.439. The third-order valence-electron chi connectivity index (χ3n) is 4.88. The van der Waals surface area contributed by atoms with Crippen LogP contribution in [0.15, 0.2) is 53.1 Å². The number of carbonyl (C=O) groups is 1. The topological polar surface area (TPSA) is 86.1 Å². The van der Waals surface area contributed by atoms with Crippen molar-refractivity contribution in [3.8, 4) is 17.1 Å². The average Bonchev–Trinajstić information content (AvgIpc) is 3.33. The van der Waals surface area contributed by atoms with Gasteiger partial charge in [0.25, 0.3) is 5.91 Å². The van der Waals surface area contributed by atoms with Gasteiger partial charge in [-0.1, -0.05) is 17.7 Å². The molecule has 1 aromatic carbocycles. The van der Waals surface area contributed by atoms with E-state index >= 15 is 0 Å². The Morgan fingerprint density at radius 3 is 2.70 bits per heavy atom. The highest BCUT2D eigenvalue weighted by Gasteiger charge is 2.23. The predicted octanol–water partition coefficient (Wildman–Crippen LogP) is 3.79. The molecule has 1 fully saturated rings. The molecule has 0 aliphatic heterocycles. The van der Waals surface area contributed by atoms with Crippen molar-refractivity contribution in [1.29, 1.82) is 0 Å². The Morgan fingerprint density at radius 1 is 1.19 bits per heavy atom. The van der Waals surface area contributed by atoms with E-state index in [1.54, 1.807) is 35.2 Å². The third-order valence-corrected chi connectivity index (χ3v) is 5.11. The molecular weight excluding hydrogens is 364 g/mol. The molecule has 27 heavy (non-hydrogen) atoms. The van der Waals surface area contributed by atoms with Gasteiger partial charge in [0, 0.05) is 23.2 Å². The first-order chi connectivity index (χ1) is 13.1. The monoisotopic (exact) mass is 384 g/mol. The number of carbonyl (C=O) groups excluding carboxylic acids is 1. The zero-order chi connectivity index (χ0) is 18.8. The van der Waals surface area contributed by atoms with Crippen molar-refractivity contribution >= 4 is 17.5 Å².